The quantitative estimate of drug-likeness (QED) is 0.141. The standard InChI is InChI=1S/C34H40N5O6P.C2HF3O2/c1-6-44-46(42,45-7-2)30-13-10-27-18-25(30)19-39(5)33(40)31(37-26-9-12-29-23(17-26)14-15-36-32(29)35)24-8-11-28(21(3)16-24)22(4)20-43-34(41)38-27;3-2(4,5)1(6)7/h8-18,22,31,37H,6-7,19-20H2,1-5H3,(H2,35,36)(H,38,41);(H,6,7)/t22-,31+;/m0./s1. The molecule has 2 amide bonds. The van der Waals surface area contributed by atoms with Crippen molar-refractivity contribution in [3.63, 3.8) is 0 Å². The molecule has 1 aromatic heterocycles. The van der Waals surface area contributed by atoms with E-state index in [0.29, 0.717) is 22.4 Å². The maximum absolute atomic E-state index is 14.4. The number of carbonyl (C=O) groups is 3. The van der Waals surface area contributed by atoms with Crippen LogP contribution in [0, 0.1) is 6.92 Å². The number of likely N-dealkylation sites (N-methyl/N-ethyl adjacent to an activating group) is 1. The van der Waals surface area contributed by atoms with Crippen LogP contribution < -0.4 is 21.7 Å². The number of amides is 2. The molecule has 3 aromatic carbocycles. The molecule has 0 aliphatic carbocycles. The van der Waals surface area contributed by atoms with Gasteiger partial charge in [0.25, 0.3) is 0 Å². The number of nitrogen functional groups attached to an aromatic ring is 1. The molecular weight excluding hydrogens is 718 g/mol. The predicted octanol–water partition coefficient (Wildman–Crippen LogP) is 7.13. The summed E-state index contributed by atoms with van der Waals surface area (Å²) in [7, 11) is -2.07. The summed E-state index contributed by atoms with van der Waals surface area (Å²) in [6.07, 6.45) is -4.05. The minimum Gasteiger partial charge on any atom is -0.475 e. The SMILES string of the molecule is CCOP(=O)(OCC)c1ccc2cc1CN(C)C(=O)[C@H](Nc1ccc3c(N)nccc3c1)c1ccc(c(C)c1)[C@@H](C)COC(=O)N2.O=C(O)C(F)(F)F. The van der Waals surface area contributed by atoms with E-state index in [1.807, 2.05) is 56.3 Å². The number of hydrogen-bond acceptors (Lipinski definition) is 10. The number of halogens is 3. The van der Waals surface area contributed by atoms with Gasteiger partial charge >= 0.3 is 25.8 Å². The van der Waals surface area contributed by atoms with Gasteiger partial charge in [-0.3, -0.25) is 14.7 Å². The maximum Gasteiger partial charge on any atom is 0.490 e. The molecule has 2 atom stereocenters. The van der Waals surface area contributed by atoms with E-state index in [9.17, 15) is 27.3 Å². The monoisotopic (exact) mass is 759 g/mol. The fourth-order valence-corrected chi connectivity index (χ4v) is 7.53. The van der Waals surface area contributed by atoms with Crippen LogP contribution in [0.3, 0.4) is 0 Å². The molecule has 0 saturated heterocycles. The van der Waals surface area contributed by atoms with Crippen molar-refractivity contribution in [3.8, 4) is 0 Å². The number of ether oxygens (including phenoxy) is 1. The first kappa shape index (κ1) is 40.6. The zero-order valence-corrected chi connectivity index (χ0v) is 30.6. The summed E-state index contributed by atoms with van der Waals surface area (Å²) in [6.45, 7) is 7.95. The first-order chi connectivity index (χ1) is 25.0. The van der Waals surface area contributed by atoms with Crippen molar-refractivity contribution in [2.75, 3.05) is 43.2 Å². The lowest BCUT2D eigenvalue weighted by Crippen LogP contribution is -2.36. The van der Waals surface area contributed by atoms with E-state index in [1.54, 1.807) is 50.2 Å². The Labute approximate surface area is 304 Å². The fraction of sp³-hybridized carbons (Fsp3) is 0.333. The van der Waals surface area contributed by atoms with Crippen molar-refractivity contribution in [2.24, 2.45) is 0 Å². The highest BCUT2D eigenvalue weighted by Gasteiger charge is 2.38. The van der Waals surface area contributed by atoms with Gasteiger partial charge in [-0.05, 0) is 90.9 Å². The number of benzene rings is 3. The zero-order chi connectivity index (χ0) is 39.1. The van der Waals surface area contributed by atoms with Crippen molar-refractivity contribution in [3.05, 3.63) is 89.1 Å². The highest BCUT2D eigenvalue weighted by atomic mass is 31.2. The van der Waals surface area contributed by atoms with Crippen LogP contribution in [0.4, 0.5) is 35.2 Å². The van der Waals surface area contributed by atoms with Gasteiger partial charge in [0.1, 0.15) is 11.9 Å². The molecule has 4 aromatic rings. The van der Waals surface area contributed by atoms with Crippen LogP contribution in [0.2, 0.25) is 0 Å². The second kappa shape index (κ2) is 17.1. The Balaban J connectivity index is 0.000000815. The van der Waals surface area contributed by atoms with Gasteiger partial charge in [-0.2, -0.15) is 13.2 Å². The number of rotatable bonds is 7. The number of carboxylic acids is 1. The average Bonchev–Trinajstić information content (AvgIpc) is 3.09. The van der Waals surface area contributed by atoms with Crippen LogP contribution in [0.25, 0.3) is 10.8 Å². The molecule has 0 fully saturated rings. The van der Waals surface area contributed by atoms with Crippen molar-refractivity contribution < 1.29 is 51.0 Å². The largest absolute Gasteiger partial charge is 0.490 e. The summed E-state index contributed by atoms with van der Waals surface area (Å²) >= 11 is 0. The van der Waals surface area contributed by atoms with Crippen LogP contribution in [0.15, 0.2) is 66.9 Å². The van der Waals surface area contributed by atoms with Crippen LogP contribution in [-0.4, -0.2) is 66.0 Å². The lowest BCUT2D eigenvalue weighted by Gasteiger charge is -2.28. The number of pyridine rings is 1. The van der Waals surface area contributed by atoms with Gasteiger partial charge < -0.3 is 34.8 Å². The van der Waals surface area contributed by atoms with E-state index < -0.39 is 31.9 Å². The summed E-state index contributed by atoms with van der Waals surface area (Å²) in [5.41, 5.74) is 10.4. The Morgan fingerprint density at radius 1 is 1.09 bits per heavy atom. The molecule has 3 heterocycles. The summed E-state index contributed by atoms with van der Waals surface area (Å²) in [4.78, 5) is 41.8. The molecule has 17 heteroatoms. The second-order valence-corrected chi connectivity index (χ2v) is 14.1. The molecule has 284 valence electrons. The Kier molecular flexibility index (Phi) is 13.1. The van der Waals surface area contributed by atoms with Crippen LogP contribution in [0.1, 0.15) is 55.0 Å². The third kappa shape index (κ3) is 10.0. The molecule has 2 aliphatic heterocycles. The van der Waals surface area contributed by atoms with Crippen LogP contribution in [-0.2, 0) is 34.5 Å². The van der Waals surface area contributed by atoms with Crippen molar-refractivity contribution in [1.82, 2.24) is 9.88 Å². The molecule has 5 N–H and O–H groups in total. The van der Waals surface area contributed by atoms with Crippen LogP contribution >= 0.6 is 7.60 Å². The van der Waals surface area contributed by atoms with Crippen LogP contribution in [0.5, 0.6) is 0 Å². The molecule has 2 aliphatic rings. The minimum absolute atomic E-state index is 0.0507. The first-order valence-electron chi connectivity index (χ1n) is 16.5. The predicted molar refractivity (Wildman–Crippen MR) is 194 cm³/mol. The minimum atomic E-state index is -5.08. The Morgan fingerprint density at radius 2 is 1.77 bits per heavy atom. The third-order valence-electron chi connectivity index (χ3n) is 8.22. The third-order valence-corrected chi connectivity index (χ3v) is 10.4. The van der Waals surface area contributed by atoms with Crippen molar-refractivity contribution >= 4 is 58.8 Å². The van der Waals surface area contributed by atoms with Gasteiger partial charge in [0, 0.05) is 42.5 Å². The summed E-state index contributed by atoms with van der Waals surface area (Å²) < 4.78 is 62.6. The van der Waals surface area contributed by atoms with Crippen molar-refractivity contribution in [1.29, 1.82) is 0 Å². The number of carboxylic acid groups (broad SMARTS) is 1. The molecule has 0 unspecified atom stereocenters. The highest BCUT2D eigenvalue weighted by Crippen LogP contribution is 2.48. The number of carbonyl (C=O) groups excluding carboxylic acids is 2. The highest BCUT2D eigenvalue weighted by molar-refractivity contribution is 7.62. The second-order valence-electron chi connectivity index (χ2n) is 12.1. The van der Waals surface area contributed by atoms with Gasteiger partial charge in [0.2, 0.25) is 5.91 Å². The van der Waals surface area contributed by atoms with E-state index in [2.05, 4.69) is 15.6 Å². The number of nitrogens with zero attached hydrogens (tertiary/aromatic N) is 2. The topological polar surface area (TPSA) is 182 Å². The first-order valence-corrected chi connectivity index (χ1v) is 18.0. The van der Waals surface area contributed by atoms with Gasteiger partial charge in [0.05, 0.1) is 25.1 Å². The number of hydrogen-bond donors (Lipinski definition) is 4. The smallest absolute Gasteiger partial charge is 0.475 e. The van der Waals surface area contributed by atoms with Gasteiger partial charge in [-0.15, -0.1) is 0 Å². The zero-order valence-electron chi connectivity index (χ0n) is 29.7. The normalized spacial score (nSPS) is 16.7. The number of aryl methyl sites for hydroxylation is 1. The number of aliphatic carboxylic acids is 1. The van der Waals surface area contributed by atoms with E-state index in [-0.39, 0.29) is 38.2 Å². The number of anilines is 3. The van der Waals surface area contributed by atoms with E-state index >= 15 is 0 Å². The van der Waals surface area contributed by atoms with E-state index in [4.69, 9.17) is 29.4 Å². The van der Waals surface area contributed by atoms with Gasteiger partial charge in [-0.25, -0.2) is 14.6 Å². The number of nitrogens with two attached hydrogens (primary N) is 1. The molecule has 0 saturated carbocycles. The molecule has 0 radical (unpaired) electrons. The molecule has 6 rings (SSSR count). The number of fused-ring (bicyclic) bond motifs is 10. The maximum atomic E-state index is 14.4. The Hall–Kier alpha value is -5.18. The van der Waals surface area contributed by atoms with Crippen molar-refractivity contribution in [2.45, 2.75) is 52.4 Å². The summed E-state index contributed by atoms with van der Waals surface area (Å²) in [5.74, 6) is -2.65. The Bertz CT molecular complexity index is 2020. The summed E-state index contributed by atoms with van der Waals surface area (Å²) in [5, 5.41) is 15.4. The number of nitrogens with one attached hydrogen (secondary N) is 2. The lowest BCUT2D eigenvalue weighted by molar-refractivity contribution is -0.192. The van der Waals surface area contributed by atoms with Gasteiger partial charge in [0.15, 0.2) is 0 Å². The van der Waals surface area contributed by atoms with Gasteiger partial charge in [-0.1, -0.05) is 25.1 Å². The molecule has 4 bridgehead atoms. The summed E-state index contributed by atoms with van der Waals surface area (Å²) in [6, 6.07) is 17.5. The fourth-order valence-electron chi connectivity index (χ4n) is 5.75. The molecular formula is C36H41F3N5O8P. The average molecular weight is 760 g/mol. The Morgan fingerprint density at radius 3 is 2.40 bits per heavy atom. The molecule has 53 heavy (non-hydrogen) atoms. The molecule has 13 nitrogen and oxygen atoms in total. The van der Waals surface area contributed by atoms with E-state index in [1.165, 1.54) is 0 Å². The number of alkyl halides is 3. The molecule has 0 spiro atoms. The number of aromatic nitrogens is 1. The van der Waals surface area contributed by atoms with E-state index in [0.717, 1.165) is 33.2 Å². The lowest BCUT2D eigenvalue weighted by atomic mass is 9.93.